The number of rotatable bonds is 4. The summed E-state index contributed by atoms with van der Waals surface area (Å²) in [5.41, 5.74) is 0.585. The van der Waals surface area contributed by atoms with E-state index in [0.29, 0.717) is 0 Å². The molecule has 0 saturated heterocycles. The van der Waals surface area contributed by atoms with Gasteiger partial charge in [-0.1, -0.05) is 12.1 Å². The number of halogens is 3. The fraction of sp³-hybridized carbons (Fsp3) is 0.0500. The van der Waals surface area contributed by atoms with Gasteiger partial charge < -0.3 is 4.57 Å². The van der Waals surface area contributed by atoms with Crippen LogP contribution in [-0.2, 0) is 16.2 Å². The Bertz CT molecular complexity index is 1280. The second-order valence-corrected chi connectivity index (χ2v) is 7.92. The Balaban J connectivity index is 1.70. The fourth-order valence-corrected chi connectivity index (χ4v) is 4.35. The zero-order valence-electron chi connectivity index (χ0n) is 14.8. The van der Waals surface area contributed by atoms with Gasteiger partial charge >= 0.3 is 6.18 Å². The Morgan fingerprint density at radius 1 is 0.966 bits per heavy atom. The molecule has 0 bridgehead atoms. The molecule has 0 aliphatic rings. The van der Waals surface area contributed by atoms with Crippen LogP contribution in [0, 0.1) is 0 Å². The Morgan fingerprint density at radius 2 is 1.76 bits per heavy atom. The summed E-state index contributed by atoms with van der Waals surface area (Å²) in [5.74, 6) is 0. The van der Waals surface area contributed by atoms with Crippen LogP contribution in [0.25, 0.3) is 16.6 Å². The first-order valence-electron chi connectivity index (χ1n) is 8.46. The van der Waals surface area contributed by atoms with Gasteiger partial charge in [-0.3, -0.25) is 9.71 Å². The highest BCUT2D eigenvalue weighted by molar-refractivity contribution is 7.92. The van der Waals surface area contributed by atoms with Gasteiger partial charge in [0.15, 0.2) is 0 Å². The number of aromatic nitrogens is 2. The number of sulfonamides is 1. The molecule has 2 aromatic carbocycles. The number of fused-ring (bicyclic) bond motifs is 1. The number of benzene rings is 2. The van der Waals surface area contributed by atoms with Crippen molar-refractivity contribution in [2.75, 3.05) is 4.72 Å². The minimum Gasteiger partial charge on any atom is -0.315 e. The van der Waals surface area contributed by atoms with Gasteiger partial charge in [-0.2, -0.15) is 13.2 Å². The Labute approximate surface area is 164 Å². The van der Waals surface area contributed by atoms with Crippen LogP contribution in [0.1, 0.15) is 5.56 Å². The highest BCUT2D eigenvalue weighted by Gasteiger charge is 2.36. The van der Waals surface area contributed by atoms with Gasteiger partial charge in [-0.25, -0.2) is 8.42 Å². The van der Waals surface area contributed by atoms with Crippen molar-refractivity contribution in [1.29, 1.82) is 0 Å². The van der Waals surface area contributed by atoms with Crippen LogP contribution >= 0.6 is 0 Å². The van der Waals surface area contributed by atoms with Gasteiger partial charge in [0.2, 0.25) is 0 Å². The molecular formula is C20H14F3N3O2S. The molecule has 0 aliphatic carbocycles. The van der Waals surface area contributed by atoms with Crippen LogP contribution in [0.15, 0.2) is 84.1 Å². The number of hydrogen-bond donors (Lipinski definition) is 1. The molecular weight excluding hydrogens is 403 g/mol. The second-order valence-electron chi connectivity index (χ2n) is 6.27. The third-order valence-corrected chi connectivity index (χ3v) is 5.79. The fourth-order valence-electron chi connectivity index (χ4n) is 3.07. The number of alkyl halides is 3. The van der Waals surface area contributed by atoms with Gasteiger partial charge in [-0.15, -0.1) is 0 Å². The summed E-state index contributed by atoms with van der Waals surface area (Å²) >= 11 is 0. The highest BCUT2D eigenvalue weighted by atomic mass is 32.2. The largest absolute Gasteiger partial charge is 0.417 e. The first kappa shape index (κ1) is 19.0. The molecule has 29 heavy (non-hydrogen) atoms. The van der Waals surface area contributed by atoms with E-state index in [2.05, 4.69) is 9.71 Å². The summed E-state index contributed by atoms with van der Waals surface area (Å²) in [4.78, 5) is 3.25. The molecule has 0 spiro atoms. The topological polar surface area (TPSA) is 64.0 Å². The lowest BCUT2D eigenvalue weighted by atomic mass is 10.2. The summed E-state index contributed by atoms with van der Waals surface area (Å²) in [5, 5.41) is 0.721. The second kappa shape index (κ2) is 6.93. The molecule has 2 heterocycles. The van der Waals surface area contributed by atoms with Crippen molar-refractivity contribution in [3.63, 3.8) is 0 Å². The maximum atomic E-state index is 13.2. The number of pyridine rings is 1. The SMILES string of the molecule is O=S(=O)(Nc1ccc2c(ccn2-c2cccnc2)c1)c1ccccc1C(F)(F)F. The van der Waals surface area contributed by atoms with Crippen LogP contribution < -0.4 is 4.72 Å². The molecule has 2 aromatic heterocycles. The molecule has 4 aromatic rings. The standard InChI is InChI=1S/C20H14F3N3O2S/c21-20(22,23)17-5-1-2-6-19(17)29(27,28)25-15-7-8-18-14(12-15)9-11-26(18)16-4-3-10-24-13-16/h1-13,25H. The lowest BCUT2D eigenvalue weighted by molar-refractivity contribution is -0.139. The quantitative estimate of drug-likeness (QED) is 0.517. The average Bonchev–Trinajstić information content (AvgIpc) is 3.11. The van der Waals surface area contributed by atoms with Gasteiger partial charge in [0, 0.05) is 23.5 Å². The number of nitrogens with one attached hydrogen (secondary N) is 1. The maximum absolute atomic E-state index is 13.2. The van der Waals surface area contributed by atoms with E-state index in [1.807, 2.05) is 10.6 Å². The molecule has 9 heteroatoms. The van der Waals surface area contributed by atoms with E-state index in [1.54, 1.807) is 42.9 Å². The van der Waals surface area contributed by atoms with Crippen LogP contribution in [0.5, 0.6) is 0 Å². The first-order valence-corrected chi connectivity index (χ1v) is 9.94. The molecule has 0 fully saturated rings. The summed E-state index contributed by atoms with van der Waals surface area (Å²) < 4.78 is 68.9. The third-order valence-electron chi connectivity index (χ3n) is 4.35. The maximum Gasteiger partial charge on any atom is 0.417 e. The van der Waals surface area contributed by atoms with E-state index < -0.39 is 26.7 Å². The van der Waals surface area contributed by atoms with Gasteiger partial charge in [0.25, 0.3) is 10.0 Å². The molecule has 0 amide bonds. The first-order chi connectivity index (χ1) is 13.8. The summed E-state index contributed by atoms with van der Waals surface area (Å²) in [6.45, 7) is 0. The lowest BCUT2D eigenvalue weighted by Gasteiger charge is -2.14. The van der Waals surface area contributed by atoms with Crippen molar-refractivity contribution in [2.24, 2.45) is 0 Å². The Kier molecular flexibility index (Phi) is 4.54. The smallest absolute Gasteiger partial charge is 0.315 e. The third kappa shape index (κ3) is 3.68. The molecule has 4 rings (SSSR count). The van der Waals surface area contributed by atoms with Crippen LogP contribution in [0.3, 0.4) is 0 Å². The van der Waals surface area contributed by atoms with Crippen molar-refractivity contribution < 1.29 is 21.6 Å². The molecule has 0 unspecified atom stereocenters. The van der Waals surface area contributed by atoms with Gasteiger partial charge in [0.05, 0.1) is 27.9 Å². The average molecular weight is 417 g/mol. The molecule has 0 aliphatic heterocycles. The monoisotopic (exact) mass is 417 g/mol. The van der Waals surface area contributed by atoms with Crippen molar-refractivity contribution >= 4 is 26.6 Å². The van der Waals surface area contributed by atoms with E-state index in [9.17, 15) is 21.6 Å². The Morgan fingerprint density at radius 3 is 2.48 bits per heavy atom. The highest BCUT2D eigenvalue weighted by Crippen LogP contribution is 2.35. The predicted molar refractivity (Wildman–Crippen MR) is 103 cm³/mol. The molecule has 5 nitrogen and oxygen atoms in total. The van der Waals surface area contributed by atoms with Crippen LogP contribution in [0.2, 0.25) is 0 Å². The lowest BCUT2D eigenvalue weighted by Crippen LogP contribution is -2.18. The van der Waals surface area contributed by atoms with Gasteiger partial charge in [0.1, 0.15) is 0 Å². The Hall–Kier alpha value is -3.33. The van der Waals surface area contributed by atoms with E-state index in [0.717, 1.165) is 34.8 Å². The van der Waals surface area contributed by atoms with Crippen molar-refractivity contribution in [3.05, 3.63) is 84.8 Å². The van der Waals surface area contributed by atoms with Crippen LogP contribution in [0.4, 0.5) is 18.9 Å². The van der Waals surface area contributed by atoms with E-state index in [1.165, 1.54) is 12.1 Å². The normalized spacial score (nSPS) is 12.2. The summed E-state index contributed by atoms with van der Waals surface area (Å²) in [6, 6.07) is 14.3. The molecule has 0 atom stereocenters. The zero-order valence-corrected chi connectivity index (χ0v) is 15.6. The molecule has 0 saturated carbocycles. The number of nitrogens with zero attached hydrogens (tertiary/aromatic N) is 2. The van der Waals surface area contributed by atoms with Crippen molar-refractivity contribution in [2.45, 2.75) is 11.1 Å². The molecule has 0 radical (unpaired) electrons. The minimum absolute atomic E-state index is 0.165. The molecule has 148 valence electrons. The van der Waals surface area contributed by atoms with Crippen LogP contribution in [-0.4, -0.2) is 18.0 Å². The van der Waals surface area contributed by atoms with Crippen molar-refractivity contribution in [3.8, 4) is 5.69 Å². The zero-order chi connectivity index (χ0) is 20.6. The van der Waals surface area contributed by atoms with Gasteiger partial charge in [-0.05, 0) is 48.5 Å². The minimum atomic E-state index is -4.78. The summed E-state index contributed by atoms with van der Waals surface area (Å²) in [7, 11) is -4.43. The van der Waals surface area contributed by atoms with E-state index in [4.69, 9.17) is 0 Å². The number of anilines is 1. The van der Waals surface area contributed by atoms with E-state index in [-0.39, 0.29) is 5.69 Å². The van der Waals surface area contributed by atoms with E-state index >= 15 is 0 Å². The molecule has 1 N–H and O–H groups in total. The number of hydrogen-bond acceptors (Lipinski definition) is 3. The predicted octanol–water partition coefficient (Wildman–Crippen LogP) is 4.85. The summed E-state index contributed by atoms with van der Waals surface area (Å²) in [6.07, 6.45) is 0.361. The van der Waals surface area contributed by atoms with Crippen molar-refractivity contribution in [1.82, 2.24) is 9.55 Å².